The average molecular weight is 238 g/mol. The van der Waals surface area contributed by atoms with Gasteiger partial charge in [0.2, 0.25) is 0 Å². The Hall–Kier alpha value is -2.10. The first kappa shape index (κ1) is 9.88. The molecule has 0 radical (unpaired) electrons. The first-order valence-corrected chi connectivity index (χ1v) is 6.39. The van der Waals surface area contributed by atoms with Crippen LogP contribution in [0.15, 0.2) is 36.8 Å². The minimum absolute atomic E-state index is 1.02. The lowest BCUT2D eigenvalue weighted by atomic mass is 10.2. The molecular formula is C14H14N4. The number of hydrogen-bond acceptors (Lipinski definition) is 3. The average Bonchev–Trinajstić information content (AvgIpc) is 3.03. The maximum atomic E-state index is 4.47. The fraction of sp³-hybridized carbons (Fsp3) is 0.286. The molecule has 0 spiro atoms. The van der Waals surface area contributed by atoms with Gasteiger partial charge in [-0.1, -0.05) is 18.2 Å². The highest BCUT2D eigenvalue weighted by atomic mass is 15.6. The molecule has 1 aliphatic rings. The maximum Gasteiger partial charge on any atom is 0.163 e. The van der Waals surface area contributed by atoms with Gasteiger partial charge >= 0.3 is 0 Å². The monoisotopic (exact) mass is 238 g/mol. The molecule has 0 unspecified atom stereocenters. The minimum atomic E-state index is 1.02. The van der Waals surface area contributed by atoms with Crippen LogP contribution in [-0.4, -0.2) is 27.7 Å². The van der Waals surface area contributed by atoms with E-state index in [0.717, 1.165) is 24.1 Å². The fourth-order valence-corrected chi connectivity index (χ4v) is 2.87. The first-order chi connectivity index (χ1) is 8.95. The Bertz CT molecular complexity index is 657. The number of hydrogen-bond donors (Lipinski definition) is 0. The van der Waals surface area contributed by atoms with E-state index in [2.05, 4.69) is 43.9 Å². The molecule has 4 nitrogen and oxygen atoms in total. The molecular weight excluding hydrogens is 224 g/mol. The second-order valence-electron chi connectivity index (χ2n) is 4.75. The van der Waals surface area contributed by atoms with Crippen molar-refractivity contribution in [1.29, 1.82) is 0 Å². The van der Waals surface area contributed by atoms with Crippen LogP contribution in [0.4, 0.5) is 0 Å². The lowest BCUT2D eigenvalue weighted by Crippen LogP contribution is -2.30. The zero-order chi connectivity index (χ0) is 11.9. The van der Waals surface area contributed by atoms with Crippen LogP contribution in [0.3, 0.4) is 0 Å². The van der Waals surface area contributed by atoms with Crippen LogP contribution in [0.1, 0.15) is 12.8 Å². The molecule has 0 bridgehead atoms. The quantitative estimate of drug-likeness (QED) is 0.652. The highest BCUT2D eigenvalue weighted by Crippen LogP contribution is 2.27. The summed E-state index contributed by atoms with van der Waals surface area (Å²) in [5, 5.41) is 4.76. The van der Waals surface area contributed by atoms with E-state index in [9.17, 15) is 0 Å². The van der Waals surface area contributed by atoms with E-state index >= 15 is 0 Å². The number of fused-ring (bicyclic) bond motifs is 3. The van der Waals surface area contributed by atoms with Crippen LogP contribution in [-0.2, 0) is 0 Å². The van der Waals surface area contributed by atoms with Crippen LogP contribution in [0.5, 0.6) is 0 Å². The van der Waals surface area contributed by atoms with Gasteiger partial charge in [0.15, 0.2) is 5.65 Å². The van der Waals surface area contributed by atoms with Crippen LogP contribution in [0.2, 0.25) is 0 Å². The summed E-state index contributed by atoms with van der Waals surface area (Å²) >= 11 is 0. The molecule has 0 atom stereocenters. The van der Waals surface area contributed by atoms with Crippen LogP contribution in [0.25, 0.3) is 21.9 Å². The zero-order valence-corrected chi connectivity index (χ0v) is 10.1. The molecule has 4 rings (SSSR count). The Morgan fingerprint density at radius 1 is 1.00 bits per heavy atom. The van der Waals surface area contributed by atoms with Crippen LogP contribution in [0, 0.1) is 0 Å². The van der Waals surface area contributed by atoms with Gasteiger partial charge in [0.25, 0.3) is 0 Å². The lowest BCUT2D eigenvalue weighted by molar-refractivity contribution is 0.701. The molecule has 4 heteroatoms. The summed E-state index contributed by atoms with van der Waals surface area (Å²) in [7, 11) is 0. The van der Waals surface area contributed by atoms with Gasteiger partial charge in [-0.05, 0) is 18.9 Å². The maximum absolute atomic E-state index is 4.47. The predicted octanol–water partition coefficient (Wildman–Crippen LogP) is 2.32. The third-order valence-electron chi connectivity index (χ3n) is 3.68. The first-order valence-electron chi connectivity index (χ1n) is 6.39. The molecule has 0 aliphatic carbocycles. The molecule has 0 amide bonds. The summed E-state index contributed by atoms with van der Waals surface area (Å²) < 4.78 is 2.26. The highest BCUT2D eigenvalue weighted by Gasteiger charge is 2.18. The summed E-state index contributed by atoms with van der Waals surface area (Å²) in [6.07, 6.45) is 6.07. The van der Waals surface area contributed by atoms with Gasteiger partial charge in [0.05, 0.1) is 5.52 Å². The van der Waals surface area contributed by atoms with Crippen LogP contribution < -0.4 is 5.01 Å². The van der Waals surface area contributed by atoms with Crippen molar-refractivity contribution in [2.24, 2.45) is 0 Å². The van der Waals surface area contributed by atoms with Crippen molar-refractivity contribution in [1.82, 2.24) is 14.6 Å². The van der Waals surface area contributed by atoms with Gasteiger partial charge in [-0.2, -0.15) is 0 Å². The summed E-state index contributed by atoms with van der Waals surface area (Å²) in [5.74, 6) is 0. The molecule has 1 saturated heterocycles. The number of rotatable bonds is 1. The zero-order valence-electron chi connectivity index (χ0n) is 10.1. The molecule has 3 aromatic rings. The van der Waals surface area contributed by atoms with Gasteiger partial charge in [0, 0.05) is 30.1 Å². The summed E-state index contributed by atoms with van der Waals surface area (Å²) in [5.41, 5.74) is 2.25. The molecule has 1 aliphatic heterocycles. The second-order valence-corrected chi connectivity index (χ2v) is 4.75. The smallest absolute Gasteiger partial charge is 0.163 e. The molecule has 0 N–H and O–H groups in total. The largest absolute Gasteiger partial charge is 0.311 e. The predicted molar refractivity (Wildman–Crippen MR) is 72.2 cm³/mol. The van der Waals surface area contributed by atoms with Crippen molar-refractivity contribution in [2.75, 3.05) is 18.1 Å². The van der Waals surface area contributed by atoms with Crippen molar-refractivity contribution in [3.63, 3.8) is 0 Å². The van der Waals surface area contributed by atoms with E-state index in [1.165, 1.54) is 23.7 Å². The Morgan fingerprint density at radius 3 is 2.72 bits per heavy atom. The topological polar surface area (TPSA) is 34.0 Å². The summed E-state index contributed by atoms with van der Waals surface area (Å²) in [4.78, 5) is 8.63. The Balaban J connectivity index is 2.13. The Morgan fingerprint density at radius 2 is 1.83 bits per heavy atom. The molecule has 1 fully saturated rings. The molecule has 1 aromatic carbocycles. The third kappa shape index (κ3) is 1.26. The van der Waals surface area contributed by atoms with E-state index < -0.39 is 0 Å². The number of aromatic nitrogens is 3. The molecule has 0 saturated carbocycles. The van der Waals surface area contributed by atoms with Crippen molar-refractivity contribution in [3.8, 4) is 0 Å². The van der Waals surface area contributed by atoms with Gasteiger partial charge in [0.1, 0.15) is 6.33 Å². The van der Waals surface area contributed by atoms with E-state index in [4.69, 9.17) is 0 Å². The minimum Gasteiger partial charge on any atom is -0.311 e. The fourth-order valence-electron chi connectivity index (χ4n) is 2.87. The normalized spacial score (nSPS) is 15.9. The Labute approximate surface area is 105 Å². The Kier molecular flexibility index (Phi) is 2.03. The summed E-state index contributed by atoms with van der Waals surface area (Å²) in [6, 6.07) is 8.47. The third-order valence-corrected chi connectivity index (χ3v) is 3.68. The number of nitrogens with zero attached hydrogens (tertiary/aromatic N) is 4. The molecule has 18 heavy (non-hydrogen) atoms. The number of para-hydroxylation sites is 1. The van der Waals surface area contributed by atoms with Crippen molar-refractivity contribution < 1.29 is 0 Å². The van der Waals surface area contributed by atoms with E-state index in [1.54, 1.807) is 6.33 Å². The number of benzene rings is 1. The SMILES string of the molecule is c1ccc2c(c1)c1cncnc1n2N1CCCC1. The standard InChI is InChI=1S/C14H14N4/c1-2-6-13-11(5-1)12-9-15-10-16-14(12)18(13)17-7-3-4-8-17/h1-2,5-6,9-10H,3-4,7-8H2. The van der Waals surface area contributed by atoms with Crippen molar-refractivity contribution >= 4 is 21.9 Å². The van der Waals surface area contributed by atoms with Crippen molar-refractivity contribution in [2.45, 2.75) is 12.8 Å². The highest BCUT2D eigenvalue weighted by molar-refractivity contribution is 6.06. The van der Waals surface area contributed by atoms with Gasteiger partial charge in [-0.15, -0.1) is 0 Å². The van der Waals surface area contributed by atoms with E-state index in [0.29, 0.717) is 0 Å². The van der Waals surface area contributed by atoms with Gasteiger partial charge in [-0.25, -0.2) is 14.6 Å². The van der Waals surface area contributed by atoms with Crippen molar-refractivity contribution in [3.05, 3.63) is 36.8 Å². The second kappa shape index (κ2) is 3.70. The van der Waals surface area contributed by atoms with Gasteiger partial charge in [-0.3, -0.25) is 0 Å². The van der Waals surface area contributed by atoms with Crippen LogP contribution >= 0.6 is 0 Å². The lowest BCUT2D eigenvalue weighted by Gasteiger charge is -2.20. The summed E-state index contributed by atoms with van der Waals surface area (Å²) in [6.45, 7) is 2.22. The molecule has 2 aromatic heterocycles. The van der Waals surface area contributed by atoms with E-state index in [-0.39, 0.29) is 0 Å². The molecule has 3 heterocycles. The molecule has 90 valence electrons. The van der Waals surface area contributed by atoms with Gasteiger partial charge < -0.3 is 5.01 Å². The van der Waals surface area contributed by atoms with E-state index in [1.807, 2.05) is 6.20 Å².